The summed E-state index contributed by atoms with van der Waals surface area (Å²) < 4.78 is 2.05. The summed E-state index contributed by atoms with van der Waals surface area (Å²) in [7, 11) is 0. The van der Waals surface area contributed by atoms with Gasteiger partial charge in [0.2, 0.25) is 0 Å². The smallest absolute Gasteiger partial charge is 0.253 e. The number of carbonyl (C=O) groups excluding carboxylic acids is 1. The molecule has 3 aromatic rings. The molecule has 0 radical (unpaired) electrons. The van der Waals surface area contributed by atoms with Crippen molar-refractivity contribution in [2.45, 2.75) is 19.8 Å². The largest absolute Gasteiger partial charge is 0.337 e. The standard InChI is InChI=1S/C21H19N5O/c1-16-24-19-15-17(21(27)25(13-5-11-22)14-6-12-23)9-10-20(19)26(16)18-7-3-2-4-8-18/h2-4,7-10,15H,5-6,13-14H2,1H3. The minimum Gasteiger partial charge on any atom is -0.337 e. The van der Waals surface area contributed by atoms with Crippen LogP contribution in [0.5, 0.6) is 0 Å². The Morgan fingerprint density at radius 3 is 2.37 bits per heavy atom. The number of benzene rings is 2. The van der Waals surface area contributed by atoms with Crippen molar-refractivity contribution in [2.24, 2.45) is 0 Å². The molecule has 6 heteroatoms. The quantitative estimate of drug-likeness (QED) is 0.674. The van der Waals surface area contributed by atoms with E-state index in [9.17, 15) is 4.79 Å². The number of amides is 1. The fourth-order valence-corrected chi connectivity index (χ4v) is 3.10. The van der Waals surface area contributed by atoms with E-state index in [4.69, 9.17) is 10.5 Å². The molecule has 0 unspecified atom stereocenters. The number of fused-ring (bicyclic) bond motifs is 1. The first-order valence-corrected chi connectivity index (χ1v) is 8.73. The minimum absolute atomic E-state index is 0.186. The van der Waals surface area contributed by atoms with Crippen molar-refractivity contribution in [1.82, 2.24) is 14.5 Å². The van der Waals surface area contributed by atoms with Crippen LogP contribution in [0.2, 0.25) is 0 Å². The Hall–Kier alpha value is -3.64. The highest BCUT2D eigenvalue weighted by Gasteiger charge is 2.17. The molecule has 2 aromatic carbocycles. The molecular weight excluding hydrogens is 338 g/mol. The zero-order valence-corrected chi connectivity index (χ0v) is 15.1. The van der Waals surface area contributed by atoms with Gasteiger partial charge in [-0.05, 0) is 37.3 Å². The molecule has 3 rings (SSSR count). The number of nitrogens with zero attached hydrogens (tertiary/aromatic N) is 5. The maximum Gasteiger partial charge on any atom is 0.253 e. The molecule has 6 nitrogen and oxygen atoms in total. The first-order chi connectivity index (χ1) is 13.2. The van der Waals surface area contributed by atoms with Crippen LogP contribution >= 0.6 is 0 Å². The first-order valence-electron chi connectivity index (χ1n) is 8.73. The van der Waals surface area contributed by atoms with Crippen molar-refractivity contribution in [3.8, 4) is 17.8 Å². The monoisotopic (exact) mass is 357 g/mol. The SMILES string of the molecule is Cc1nc2cc(C(=O)N(CCC#N)CCC#N)ccc2n1-c1ccccc1. The Bertz CT molecular complexity index is 1020. The number of hydrogen-bond donors (Lipinski definition) is 0. The van der Waals surface area contributed by atoms with E-state index >= 15 is 0 Å². The summed E-state index contributed by atoms with van der Waals surface area (Å²) in [5, 5.41) is 17.6. The van der Waals surface area contributed by atoms with E-state index in [1.165, 1.54) is 0 Å². The highest BCUT2D eigenvalue weighted by Crippen LogP contribution is 2.23. The molecule has 0 N–H and O–H groups in total. The third kappa shape index (κ3) is 3.80. The van der Waals surface area contributed by atoms with E-state index in [0.717, 1.165) is 22.5 Å². The molecule has 1 heterocycles. The van der Waals surface area contributed by atoms with E-state index in [2.05, 4.69) is 4.98 Å². The van der Waals surface area contributed by atoms with E-state index in [0.29, 0.717) is 18.7 Å². The van der Waals surface area contributed by atoms with Crippen LogP contribution in [-0.2, 0) is 0 Å². The molecule has 0 bridgehead atoms. The lowest BCUT2D eigenvalue weighted by molar-refractivity contribution is 0.0762. The highest BCUT2D eigenvalue weighted by molar-refractivity contribution is 5.97. The number of aryl methyl sites for hydroxylation is 1. The van der Waals surface area contributed by atoms with Crippen LogP contribution in [0.25, 0.3) is 16.7 Å². The number of hydrogen-bond acceptors (Lipinski definition) is 4. The van der Waals surface area contributed by atoms with Crippen molar-refractivity contribution >= 4 is 16.9 Å². The zero-order chi connectivity index (χ0) is 19.2. The lowest BCUT2D eigenvalue weighted by atomic mass is 10.1. The Morgan fingerprint density at radius 2 is 1.74 bits per heavy atom. The van der Waals surface area contributed by atoms with Gasteiger partial charge in [-0.15, -0.1) is 0 Å². The number of imidazole rings is 1. The lowest BCUT2D eigenvalue weighted by Crippen LogP contribution is -2.32. The molecule has 0 fully saturated rings. The predicted molar refractivity (Wildman–Crippen MR) is 102 cm³/mol. The molecule has 0 spiro atoms. The third-order valence-corrected chi connectivity index (χ3v) is 4.36. The van der Waals surface area contributed by atoms with Crippen LogP contribution in [0.4, 0.5) is 0 Å². The third-order valence-electron chi connectivity index (χ3n) is 4.36. The van der Waals surface area contributed by atoms with Crippen molar-refractivity contribution < 1.29 is 4.79 Å². The second-order valence-corrected chi connectivity index (χ2v) is 6.14. The van der Waals surface area contributed by atoms with Crippen LogP contribution < -0.4 is 0 Å². The van der Waals surface area contributed by atoms with Gasteiger partial charge < -0.3 is 4.90 Å². The first kappa shape index (κ1) is 18.2. The van der Waals surface area contributed by atoms with Gasteiger partial charge in [0.15, 0.2) is 0 Å². The molecular formula is C21H19N5O. The summed E-state index contributed by atoms with van der Waals surface area (Å²) >= 11 is 0. The van der Waals surface area contributed by atoms with Crippen LogP contribution in [0, 0.1) is 29.6 Å². The molecule has 0 saturated carbocycles. The van der Waals surface area contributed by atoms with Gasteiger partial charge >= 0.3 is 0 Å². The maximum absolute atomic E-state index is 12.8. The van der Waals surface area contributed by atoms with Crippen molar-refractivity contribution in [3.63, 3.8) is 0 Å². The minimum atomic E-state index is -0.186. The second kappa shape index (κ2) is 8.16. The van der Waals surface area contributed by atoms with Gasteiger partial charge in [-0.2, -0.15) is 10.5 Å². The Kier molecular flexibility index (Phi) is 5.49. The van der Waals surface area contributed by atoms with Crippen molar-refractivity contribution in [2.75, 3.05) is 13.1 Å². The molecule has 0 aliphatic rings. The number of nitriles is 2. The summed E-state index contributed by atoms with van der Waals surface area (Å²) in [6, 6.07) is 19.5. The van der Waals surface area contributed by atoms with Gasteiger partial charge in [0, 0.05) is 24.3 Å². The predicted octanol–water partition coefficient (Wildman–Crippen LogP) is 3.60. The Labute approximate surface area is 157 Å². The van der Waals surface area contributed by atoms with Gasteiger partial charge in [0.1, 0.15) is 5.82 Å². The normalized spacial score (nSPS) is 10.3. The van der Waals surface area contributed by atoms with E-state index in [1.54, 1.807) is 17.0 Å². The molecule has 134 valence electrons. The molecule has 0 aliphatic heterocycles. The van der Waals surface area contributed by atoms with E-state index in [-0.39, 0.29) is 18.7 Å². The fourth-order valence-electron chi connectivity index (χ4n) is 3.10. The van der Waals surface area contributed by atoms with Crippen LogP contribution in [-0.4, -0.2) is 33.4 Å². The maximum atomic E-state index is 12.8. The lowest BCUT2D eigenvalue weighted by Gasteiger charge is -2.20. The van der Waals surface area contributed by atoms with Gasteiger partial charge in [-0.3, -0.25) is 9.36 Å². The summed E-state index contributed by atoms with van der Waals surface area (Å²) in [6.07, 6.45) is 0.475. The zero-order valence-electron chi connectivity index (χ0n) is 15.1. The number of aromatic nitrogens is 2. The topological polar surface area (TPSA) is 85.7 Å². The van der Waals surface area contributed by atoms with Crippen molar-refractivity contribution in [3.05, 3.63) is 59.9 Å². The van der Waals surface area contributed by atoms with Crippen molar-refractivity contribution in [1.29, 1.82) is 10.5 Å². The number of para-hydroxylation sites is 1. The molecule has 27 heavy (non-hydrogen) atoms. The summed E-state index contributed by atoms with van der Waals surface area (Å²) in [5.74, 6) is 0.654. The fraction of sp³-hybridized carbons (Fsp3) is 0.238. The average molecular weight is 357 g/mol. The molecule has 0 atom stereocenters. The Balaban J connectivity index is 1.96. The van der Waals surface area contributed by atoms with Crippen LogP contribution in [0.3, 0.4) is 0 Å². The molecule has 1 amide bonds. The summed E-state index contributed by atoms with van der Waals surface area (Å²) in [4.78, 5) is 19.0. The van der Waals surface area contributed by atoms with Gasteiger partial charge in [-0.25, -0.2) is 4.98 Å². The summed E-state index contributed by atoms with van der Waals surface area (Å²) in [6.45, 7) is 2.56. The molecule has 1 aromatic heterocycles. The van der Waals surface area contributed by atoms with Gasteiger partial charge in [0.05, 0.1) is 36.0 Å². The van der Waals surface area contributed by atoms with E-state index < -0.39 is 0 Å². The molecule has 0 saturated heterocycles. The number of rotatable bonds is 6. The number of carbonyl (C=O) groups is 1. The van der Waals surface area contributed by atoms with Gasteiger partial charge in [-0.1, -0.05) is 18.2 Å². The summed E-state index contributed by atoms with van der Waals surface area (Å²) in [5.41, 5.74) is 3.19. The van der Waals surface area contributed by atoms with E-state index in [1.807, 2.05) is 60.0 Å². The second-order valence-electron chi connectivity index (χ2n) is 6.14. The average Bonchev–Trinajstić information content (AvgIpc) is 3.03. The van der Waals surface area contributed by atoms with Crippen LogP contribution in [0.1, 0.15) is 29.0 Å². The highest BCUT2D eigenvalue weighted by atomic mass is 16.2. The Morgan fingerprint density at radius 1 is 1.07 bits per heavy atom. The van der Waals surface area contributed by atoms with Crippen LogP contribution in [0.15, 0.2) is 48.5 Å². The van der Waals surface area contributed by atoms with Gasteiger partial charge in [0.25, 0.3) is 5.91 Å². The molecule has 0 aliphatic carbocycles.